The highest BCUT2D eigenvalue weighted by Gasteiger charge is 2.37. The third-order valence-corrected chi connectivity index (χ3v) is 7.73. The van der Waals surface area contributed by atoms with Crippen molar-refractivity contribution in [2.75, 3.05) is 24.7 Å². The Morgan fingerprint density at radius 3 is 2.45 bits per heavy atom. The molecular formula is C32H33N7O5. The van der Waals surface area contributed by atoms with E-state index in [4.69, 9.17) is 14.5 Å². The Kier molecular flexibility index (Phi) is 8.33. The predicted octanol–water partition coefficient (Wildman–Crippen LogP) is 3.56. The normalized spacial score (nSPS) is 15.4. The number of aromatic nitrogens is 5. The Morgan fingerprint density at radius 1 is 1.02 bits per heavy atom. The predicted molar refractivity (Wildman–Crippen MR) is 163 cm³/mol. The van der Waals surface area contributed by atoms with Crippen LogP contribution < -0.4 is 10.2 Å². The molecule has 2 atom stereocenters. The number of imidazole rings is 1. The molecule has 12 heteroatoms. The minimum atomic E-state index is -1.16. The van der Waals surface area contributed by atoms with Gasteiger partial charge < -0.3 is 19.4 Å². The molecule has 0 radical (unpaired) electrons. The molecule has 2 aromatic heterocycles. The van der Waals surface area contributed by atoms with Crippen LogP contribution in [-0.4, -0.2) is 68.2 Å². The topological polar surface area (TPSA) is 133 Å². The van der Waals surface area contributed by atoms with E-state index < -0.39 is 23.8 Å². The number of carbonyl (C=O) groups is 3. The molecule has 226 valence electrons. The summed E-state index contributed by atoms with van der Waals surface area (Å²) < 4.78 is 14.2. The highest BCUT2D eigenvalue weighted by Crippen LogP contribution is 2.31. The lowest BCUT2D eigenvalue weighted by atomic mass is 10.1. The molecule has 1 fully saturated rings. The lowest BCUT2D eigenvalue weighted by molar-refractivity contribution is -0.127. The van der Waals surface area contributed by atoms with Crippen LogP contribution in [0.25, 0.3) is 22.1 Å². The Labute approximate surface area is 253 Å². The van der Waals surface area contributed by atoms with Gasteiger partial charge in [-0.3, -0.25) is 14.5 Å². The number of hydrogen-bond donors (Lipinski definition) is 1. The van der Waals surface area contributed by atoms with Gasteiger partial charge in [0.1, 0.15) is 17.9 Å². The van der Waals surface area contributed by atoms with E-state index in [1.165, 1.54) is 9.58 Å². The maximum atomic E-state index is 14.4. The van der Waals surface area contributed by atoms with Gasteiger partial charge in [0.05, 0.1) is 34.8 Å². The van der Waals surface area contributed by atoms with Crippen molar-refractivity contribution < 1.29 is 23.9 Å². The van der Waals surface area contributed by atoms with Gasteiger partial charge in [-0.15, -0.1) is 5.10 Å². The first-order chi connectivity index (χ1) is 21.4. The SMILES string of the molecule is CCOC(=O)c1ccc(N(C(=O)Cn2nnc3ccccc32)[C@@H](C(=O)NC[C@@H]2CCCO2)c2nc3ccccc3n2C)cc1. The summed E-state index contributed by atoms with van der Waals surface area (Å²) in [5, 5.41) is 11.4. The fourth-order valence-electron chi connectivity index (χ4n) is 5.52. The molecule has 0 saturated carbocycles. The first kappa shape index (κ1) is 29.0. The van der Waals surface area contributed by atoms with Gasteiger partial charge >= 0.3 is 5.97 Å². The summed E-state index contributed by atoms with van der Waals surface area (Å²) in [6.07, 6.45) is 1.67. The largest absolute Gasteiger partial charge is 0.462 e. The molecule has 3 heterocycles. The molecule has 0 bridgehead atoms. The second-order valence-corrected chi connectivity index (χ2v) is 10.6. The third kappa shape index (κ3) is 5.76. The number of esters is 1. The number of aryl methyl sites for hydroxylation is 1. The van der Waals surface area contributed by atoms with Crippen molar-refractivity contribution >= 4 is 45.5 Å². The average Bonchev–Trinajstić information content (AvgIpc) is 3.79. The molecule has 1 aliphatic heterocycles. The van der Waals surface area contributed by atoms with Crippen LogP contribution >= 0.6 is 0 Å². The Hall–Kier alpha value is -5.10. The van der Waals surface area contributed by atoms with E-state index in [1.54, 1.807) is 31.2 Å². The zero-order chi connectivity index (χ0) is 30.6. The summed E-state index contributed by atoms with van der Waals surface area (Å²) >= 11 is 0. The summed E-state index contributed by atoms with van der Waals surface area (Å²) in [5.74, 6) is -0.937. The lowest BCUT2D eigenvalue weighted by Gasteiger charge is -2.31. The van der Waals surface area contributed by atoms with Crippen LogP contribution in [0.4, 0.5) is 5.69 Å². The van der Waals surface area contributed by atoms with Crippen LogP contribution in [0, 0.1) is 0 Å². The first-order valence-electron chi connectivity index (χ1n) is 14.6. The van der Waals surface area contributed by atoms with Crippen molar-refractivity contribution in [3.63, 3.8) is 0 Å². The summed E-state index contributed by atoms with van der Waals surface area (Å²) in [4.78, 5) is 47.2. The van der Waals surface area contributed by atoms with Gasteiger partial charge in [0.2, 0.25) is 5.91 Å². The Balaban J connectivity index is 1.44. The minimum absolute atomic E-state index is 0.102. The maximum absolute atomic E-state index is 14.4. The second kappa shape index (κ2) is 12.6. The van der Waals surface area contributed by atoms with Gasteiger partial charge in [0.25, 0.3) is 5.91 Å². The van der Waals surface area contributed by atoms with Crippen molar-refractivity contribution in [3.8, 4) is 0 Å². The molecule has 5 aromatic rings. The molecule has 44 heavy (non-hydrogen) atoms. The number of nitrogens with zero attached hydrogens (tertiary/aromatic N) is 6. The number of benzene rings is 3. The van der Waals surface area contributed by atoms with E-state index in [-0.39, 0.29) is 19.3 Å². The van der Waals surface area contributed by atoms with Crippen molar-refractivity contribution in [3.05, 3.63) is 84.2 Å². The molecule has 2 amide bonds. The van der Waals surface area contributed by atoms with Crippen LogP contribution in [0.3, 0.4) is 0 Å². The fourth-order valence-corrected chi connectivity index (χ4v) is 5.52. The summed E-state index contributed by atoms with van der Waals surface area (Å²) in [6, 6.07) is 20.1. The van der Waals surface area contributed by atoms with Gasteiger partial charge in [-0.25, -0.2) is 14.5 Å². The Morgan fingerprint density at radius 2 is 1.75 bits per heavy atom. The lowest BCUT2D eigenvalue weighted by Crippen LogP contribution is -2.47. The van der Waals surface area contributed by atoms with Gasteiger partial charge in [-0.2, -0.15) is 0 Å². The van der Waals surface area contributed by atoms with Crippen molar-refractivity contribution in [2.24, 2.45) is 7.05 Å². The van der Waals surface area contributed by atoms with Crippen LogP contribution in [0.1, 0.15) is 42.0 Å². The molecule has 12 nitrogen and oxygen atoms in total. The Bertz CT molecular complexity index is 1810. The van der Waals surface area contributed by atoms with Crippen molar-refractivity contribution in [1.82, 2.24) is 29.9 Å². The summed E-state index contributed by atoms with van der Waals surface area (Å²) in [5.41, 5.74) is 3.55. The quantitative estimate of drug-likeness (QED) is 0.242. The number of nitrogens with one attached hydrogen (secondary N) is 1. The van der Waals surface area contributed by atoms with E-state index in [9.17, 15) is 14.4 Å². The molecule has 0 aliphatic carbocycles. The zero-order valence-electron chi connectivity index (χ0n) is 24.6. The molecule has 1 aliphatic rings. The number of ether oxygens (including phenoxy) is 2. The molecule has 6 rings (SSSR count). The number of carbonyl (C=O) groups excluding carboxylic acids is 3. The smallest absolute Gasteiger partial charge is 0.338 e. The van der Waals surface area contributed by atoms with Crippen LogP contribution in [0.15, 0.2) is 72.8 Å². The van der Waals surface area contributed by atoms with E-state index in [2.05, 4.69) is 15.6 Å². The van der Waals surface area contributed by atoms with Gasteiger partial charge in [-0.05, 0) is 68.3 Å². The van der Waals surface area contributed by atoms with E-state index in [1.807, 2.05) is 60.1 Å². The molecule has 1 N–H and O–H groups in total. The van der Waals surface area contributed by atoms with Crippen LogP contribution in [-0.2, 0) is 32.7 Å². The number of fused-ring (bicyclic) bond motifs is 2. The van der Waals surface area contributed by atoms with Gasteiger partial charge in [-0.1, -0.05) is 29.5 Å². The van der Waals surface area contributed by atoms with Crippen LogP contribution in [0.5, 0.6) is 0 Å². The van der Waals surface area contributed by atoms with E-state index >= 15 is 0 Å². The second-order valence-electron chi connectivity index (χ2n) is 10.6. The molecule has 3 aromatic carbocycles. The van der Waals surface area contributed by atoms with Crippen LogP contribution in [0.2, 0.25) is 0 Å². The zero-order valence-corrected chi connectivity index (χ0v) is 24.6. The molecular weight excluding hydrogens is 562 g/mol. The summed E-state index contributed by atoms with van der Waals surface area (Å²) in [7, 11) is 1.82. The van der Waals surface area contributed by atoms with Gasteiger partial charge in [0, 0.05) is 25.9 Å². The molecule has 0 unspecified atom stereocenters. The number of rotatable bonds is 10. The monoisotopic (exact) mass is 595 g/mol. The van der Waals surface area contributed by atoms with Crippen molar-refractivity contribution in [1.29, 1.82) is 0 Å². The molecule has 0 spiro atoms. The fraction of sp³-hybridized carbons (Fsp3) is 0.312. The minimum Gasteiger partial charge on any atom is -0.462 e. The average molecular weight is 596 g/mol. The summed E-state index contributed by atoms with van der Waals surface area (Å²) in [6.45, 7) is 2.72. The first-order valence-corrected chi connectivity index (χ1v) is 14.6. The third-order valence-electron chi connectivity index (χ3n) is 7.73. The number of para-hydroxylation sites is 3. The van der Waals surface area contributed by atoms with Gasteiger partial charge in [0.15, 0.2) is 6.04 Å². The number of hydrogen-bond acceptors (Lipinski definition) is 8. The highest BCUT2D eigenvalue weighted by molar-refractivity contribution is 6.02. The maximum Gasteiger partial charge on any atom is 0.338 e. The highest BCUT2D eigenvalue weighted by atomic mass is 16.5. The van der Waals surface area contributed by atoms with E-state index in [0.717, 1.165) is 18.4 Å². The molecule has 1 saturated heterocycles. The standard InChI is InChI=1S/C32H33N7O5/c1-3-43-32(42)21-14-16-22(17-15-21)39(28(40)20-38-27-13-7-5-11-25(27)35-36-38)29(31(41)33-19-23-9-8-18-44-23)30-34-24-10-4-6-12-26(24)37(30)2/h4-7,10-17,23,29H,3,8-9,18-20H2,1-2H3,(H,33,41)/t23-,29+/m0/s1. The van der Waals surface area contributed by atoms with E-state index in [0.29, 0.717) is 46.8 Å². The number of anilines is 1. The van der Waals surface area contributed by atoms with Crippen molar-refractivity contribution in [2.45, 2.75) is 38.5 Å². The number of amides is 2.